The lowest BCUT2D eigenvalue weighted by atomic mass is 9.83. The van der Waals surface area contributed by atoms with Gasteiger partial charge in [0.2, 0.25) is 0 Å². The van der Waals surface area contributed by atoms with E-state index in [4.69, 9.17) is 5.73 Å². The highest BCUT2D eigenvalue weighted by Crippen LogP contribution is 2.33. The van der Waals surface area contributed by atoms with Gasteiger partial charge < -0.3 is 5.73 Å². The Morgan fingerprint density at radius 3 is 2.47 bits per heavy atom. The van der Waals surface area contributed by atoms with Gasteiger partial charge in [0, 0.05) is 18.6 Å². The molecule has 2 aliphatic rings. The lowest BCUT2D eigenvalue weighted by molar-refractivity contribution is 0.0807. The third-order valence-electron chi connectivity index (χ3n) is 4.50. The highest BCUT2D eigenvalue weighted by Gasteiger charge is 2.45. The van der Waals surface area contributed by atoms with E-state index in [9.17, 15) is 8.42 Å². The Bertz CT molecular complexity index is 365. The number of sulfone groups is 1. The van der Waals surface area contributed by atoms with Crippen LogP contribution < -0.4 is 5.73 Å². The summed E-state index contributed by atoms with van der Waals surface area (Å²) in [6.07, 6.45) is 4.64. The van der Waals surface area contributed by atoms with Crippen LogP contribution >= 0.6 is 0 Å². The van der Waals surface area contributed by atoms with Gasteiger partial charge in [0.15, 0.2) is 9.84 Å². The van der Waals surface area contributed by atoms with Gasteiger partial charge >= 0.3 is 0 Å². The molecule has 1 unspecified atom stereocenters. The predicted octanol–water partition coefficient (Wildman–Crippen LogP) is 0.624. The van der Waals surface area contributed by atoms with Crippen LogP contribution in [0.2, 0.25) is 0 Å². The van der Waals surface area contributed by atoms with Crippen molar-refractivity contribution in [2.75, 3.05) is 31.1 Å². The van der Waals surface area contributed by atoms with Crippen molar-refractivity contribution in [3.63, 3.8) is 0 Å². The van der Waals surface area contributed by atoms with Gasteiger partial charge in [-0.05, 0) is 31.7 Å². The molecular weight excluding hydrogens is 236 g/mol. The predicted molar refractivity (Wildman–Crippen MR) is 69.6 cm³/mol. The Morgan fingerprint density at radius 2 is 2.12 bits per heavy atom. The molecule has 1 aliphatic carbocycles. The van der Waals surface area contributed by atoms with Gasteiger partial charge in [-0.2, -0.15) is 0 Å². The highest BCUT2D eigenvalue weighted by molar-refractivity contribution is 7.91. The van der Waals surface area contributed by atoms with Crippen LogP contribution in [-0.2, 0) is 9.84 Å². The number of hydrogen-bond donors (Lipinski definition) is 1. The summed E-state index contributed by atoms with van der Waals surface area (Å²) >= 11 is 0. The molecule has 0 amide bonds. The summed E-state index contributed by atoms with van der Waals surface area (Å²) in [6, 6.07) is 0. The number of rotatable bonds is 5. The average Bonchev–Trinajstić information content (AvgIpc) is 2.54. The molecule has 4 nitrogen and oxygen atoms in total. The molecule has 0 aromatic rings. The first-order valence-corrected chi connectivity index (χ1v) is 8.49. The molecule has 5 heteroatoms. The molecule has 1 heterocycles. The molecule has 0 aromatic carbocycles. The fraction of sp³-hybridized carbons (Fsp3) is 1.00. The van der Waals surface area contributed by atoms with Crippen molar-refractivity contribution in [1.82, 2.24) is 4.90 Å². The SMILES string of the molecule is CCN(CC1CCC1)C1(CN)CCS(=O)(=O)C1. The Balaban J connectivity index is 2.09. The third-order valence-corrected chi connectivity index (χ3v) is 6.31. The summed E-state index contributed by atoms with van der Waals surface area (Å²) < 4.78 is 23.4. The normalized spacial score (nSPS) is 32.9. The fourth-order valence-corrected chi connectivity index (χ4v) is 5.18. The maximum atomic E-state index is 11.7. The van der Waals surface area contributed by atoms with Crippen molar-refractivity contribution in [1.29, 1.82) is 0 Å². The van der Waals surface area contributed by atoms with Crippen LogP contribution in [0, 0.1) is 5.92 Å². The van der Waals surface area contributed by atoms with Crippen LogP contribution in [0.1, 0.15) is 32.6 Å². The van der Waals surface area contributed by atoms with Crippen molar-refractivity contribution >= 4 is 9.84 Å². The van der Waals surface area contributed by atoms with Gasteiger partial charge in [0.1, 0.15) is 0 Å². The molecule has 1 saturated carbocycles. The minimum Gasteiger partial charge on any atom is -0.329 e. The zero-order chi connectivity index (χ0) is 12.5. The Hall–Kier alpha value is -0.130. The van der Waals surface area contributed by atoms with Crippen LogP contribution in [0.4, 0.5) is 0 Å². The summed E-state index contributed by atoms with van der Waals surface area (Å²) in [5.41, 5.74) is 5.62. The molecule has 17 heavy (non-hydrogen) atoms. The first-order valence-electron chi connectivity index (χ1n) is 6.67. The van der Waals surface area contributed by atoms with Crippen molar-refractivity contribution < 1.29 is 8.42 Å². The second kappa shape index (κ2) is 4.86. The summed E-state index contributed by atoms with van der Waals surface area (Å²) in [5, 5.41) is 0. The number of hydrogen-bond acceptors (Lipinski definition) is 4. The molecule has 1 atom stereocenters. The summed E-state index contributed by atoms with van der Waals surface area (Å²) in [7, 11) is -2.87. The molecule has 0 radical (unpaired) electrons. The van der Waals surface area contributed by atoms with Crippen LogP contribution in [0.3, 0.4) is 0 Å². The van der Waals surface area contributed by atoms with Gasteiger partial charge in [0.05, 0.1) is 11.5 Å². The van der Waals surface area contributed by atoms with Crippen molar-refractivity contribution in [2.45, 2.75) is 38.1 Å². The molecule has 0 bridgehead atoms. The minimum atomic E-state index is -2.87. The molecule has 100 valence electrons. The van der Waals surface area contributed by atoms with E-state index in [2.05, 4.69) is 11.8 Å². The minimum absolute atomic E-state index is 0.261. The Kier molecular flexibility index (Phi) is 3.80. The van der Waals surface area contributed by atoms with Crippen LogP contribution in [0.25, 0.3) is 0 Å². The van der Waals surface area contributed by atoms with Crippen molar-refractivity contribution in [3.8, 4) is 0 Å². The second-order valence-electron chi connectivity index (χ2n) is 5.61. The standard InChI is InChI=1S/C12H24N2O2S/c1-2-14(8-11-4-3-5-11)12(9-13)6-7-17(15,16)10-12/h11H,2-10,13H2,1H3. The maximum Gasteiger partial charge on any atom is 0.152 e. The van der Waals surface area contributed by atoms with E-state index in [0.717, 1.165) is 19.0 Å². The van der Waals surface area contributed by atoms with Crippen LogP contribution in [0.15, 0.2) is 0 Å². The largest absolute Gasteiger partial charge is 0.329 e. The smallest absolute Gasteiger partial charge is 0.152 e. The molecule has 2 rings (SSSR count). The monoisotopic (exact) mass is 260 g/mol. The lowest BCUT2D eigenvalue weighted by Crippen LogP contribution is -2.56. The van der Waals surface area contributed by atoms with Crippen molar-refractivity contribution in [3.05, 3.63) is 0 Å². The summed E-state index contributed by atoms with van der Waals surface area (Å²) in [4.78, 5) is 2.33. The number of nitrogens with zero attached hydrogens (tertiary/aromatic N) is 1. The third kappa shape index (κ3) is 2.66. The van der Waals surface area contributed by atoms with E-state index in [0.29, 0.717) is 18.7 Å². The molecule has 2 N–H and O–H groups in total. The first-order chi connectivity index (χ1) is 8.01. The molecular formula is C12H24N2O2S. The average molecular weight is 260 g/mol. The fourth-order valence-electron chi connectivity index (χ4n) is 3.08. The van der Waals surface area contributed by atoms with Gasteiger partial charge in [-0.1, -0.05) is 13.3 Å². The Labute approximate surface area is 104 Å². The van der Waals surface area contributed by atoms with E-state index in [1.807, 2.05) is 0 Å². The first kappa shape index (κ1) is 13.3. The number of nitrogens with two attached hydrogens (primary N) is 1. The van der Waals surface area contributed by atoms with E-state index >= 15 is 0 Å². The highest BCUT2D eigenvalue weighted by atomic mass is 32.2. The molecule has 1 saturated heterocycles. The topological polar surface area (TPSA) is 63.4 Å². The van der Waals surface area contributed by atoms with Gasteiger partial charge in [-0.3, -0.25) is 4.90 Å². The van der Waals surface area contributed by atoms with Gasteiger partial charge in [-0.15, -0.1) is 0 Å². The van der Waals surface area contributed by atoms with Gasteiger partial charge in [0.25, 0.3) is 0 Å². The van der Waals surface area contributed by atoms with Crippen molar-refractivity contribution in [2.24, 2.45) is 11.7 Å². The quantitative estimate of drug-likeness (QED) is 0.787. The van der Waals surface area contributed by atoms with E-state index in [-0.39, 0.29) is 11.3 Å². The lowest BCUT2D eigenvalue weighted by Gasteiger charge is -2.42. The zero-order valence-electron chi connectivity index (χ0n) is 10.7. The molecule has 0 aromatic heterocycles. The van der Waals surface area contributed by atoms with E-state index in [1.54, 1.807) is 0 Å². The van der Waals surface area contributed by atoms with E-state index in [1.165, 1.54) is 19.3 Å². The number of likely N-dealkylation sites (N-methyl/N-ethyl adjacent to an activating group) is 1. The Morgan fingerprint density at radius 1 is 1.41 bits per heavy atom. The second-order valence-corrected chi connectivity index (χ2v) is 7.79. The summed E-state index contributed by atoms with van der Waals surface area (Å²) in [5.74, 6) is 1.34. The molecule has 1 aliphatic heterocycles. The molecule has 2 fully saturated rings. The summed E-state index contributed by atoms with van der Waals surface area (Å²) in [6.45, 7) is 4.51. The van der Waals surface area contributed by atoms with Crippen LogP contribution in [-0.4, -0.2) is 50.0 Å². The zero-order valence-corrected chi connectivity index (χ0v) is 11.5. The van der Waals surface area contributed by atoms with E-state index < -0.39 is 9.84 Å². The molecule has 0 spiro atoms. The van der Waals surface area contributed by atoms with Gasteiger partial charge in [-0.25, -0.2) is 8.42 Å². The van der Waals surface area contributed by atoms with Crippen LogP contribution in [0.5, 0.6) is 0 Å². The maximum absolute atomic E-state index is 11.7.